The predicted octanol–water partition coefficient (Wildman–Crippen LogP) is 0.513. The monoisotopic (exact) mass is 206 g/mol. The highest BCUT2D eigenvalue weighted by molar-refractivity contribution is 5.40. The fourth-order valence-corrected chi connectivity index (χ4v) is 1.39. The minimum absolute atomic E-state index is 0.446. The summed E-state index contributed by atoms with van der Waals surface area (Å²) in [6, 6.07) is 4.00. The largest absolute Gasteiger partial charge is 0.372 e. The topological polar surface area (TPSA) is 65.4 Å². The van der Waals surface area contributed by atoms with E-state index in [-0.39, 0.29) is 0 Å². The lowest BCUT2D eigenvalue weighted by Crippen LogP contribution is -2.09. The summed E-state index contributed by atoms with van der Waals surface area (Å²) in [6.45, 7) is 3.54. The number of nitrogens with two attached hydrogens (primary N) is 1. The summed E-state index contributed by atoms with van der Waals surface area (Å²) < 4.78 is 7.24. The molecular weight excluding hydrogens is 192 g/mol. The number of aryl methyl sites for hydroxylation is 1. The molecule has 0 radical (unpaired) electrons. The van der Waals surface area contributed by atoms with Crippen molar-refractivity contribution in [1.82, 2.24) is 14.6 Å². The van der Waals surface area contributed by atoms with Crippen LogP contribution < -0.4 is 5.73 Å². The van der Waals surface area contributed by atoms with Crippen LogP contribution in [0.2, 0.25) is 0 Å². The summed E-state index contributed by atoms with van der Waals surface area (Å²) in [7, 11) is 0. The lowest BCUT2D eigenvalue weighted by molar-refractivity contribution is 0.122. The molecule has 2 N–H and O–H groups in total. The van der Waals surface area contributed by atoms with Crippen LogP contribution in [0.25, 0.3) is 5.65 Å². The van der Waals surface area contributed by atoms with Gasteiger partial charge >= 0.3 is 0 Å². The lowest BCUT2D eigenvalue weighted by atomic mass is 10.3. The molecule has 2 heterocycles. The van der Waals surface area contributed by atoms with Crippen molar-refractivity contribution in [2.45, 2.75) is 13.5 Å². The van der Waals surface area contributed by atoms with Gasteiger partial charge in [0.1, 0.15) is 6.61 Å². The molecule has 0 aliphatic heterocycles. The molecule has 2 rings (SSSR count). The highest BCUT2D eigenvalue weighted by Gasteiger charge is 2.04. The van der Waals surface area contributed by atoms with Crippen LogP contribution in [0, 0.1) is 6.92 Å². The molecule has 0 spiro atoms. The molecule has 0 amide bonds. The third kappa shape index (κ3) is 2.14. The average molecular weight is 206 g/mol. The van der Waals surface area contributed by atoms with Gasteiger partial charge in [-0.05, 0) is 24.6 Å². The molecule has 5 nitrogen and oxygen atoms in total. The van der Waals surface area contributed by atoms with Gasteiger partial charge in [0.05, 0.1) is 6.61 Å². The quantitative estimate of drug-likeness (QED) is 0.740. The Morgan fingerprint density at radius 2 is 2.33 bits per heavy atom. The summed E-state index contributed by atoms with van der Waals surface area (Å²) in [4.78, 5) is 0. The van der Waals surface area contributed by atoms with E-state index < -0.39 is 0 Å². The SMILES string of the molecule is Cc1ccn2c(COCCN)nnc2c1. The van der Waals surface area contributed by atoms with Gasteiger partial charge in [-0.1, -0.05) is 0 Å². The van der Waals surface area contributed by atoms with Crippen LogP contribution >= 0.6 is 0 Å². The number of rotatable bonds is 4. The van der Waals surface area contributed by atoms with Crippen molar-refractivity contribution < 1.29 is 4.74 Å². The Labute approximate surface area is 87.9 Å². The van der Waals surface area contributed by atoms with Gasteiger partial charge in [0.25, 0.3) is 0 Å². The number of aromatic nitrogens is 3. The molecule has 15 heavy (non-hydrogen) atoms. The summed E-state index contributed by atoms with van der Waals surface area (Å²) in [6.07, 6.45) is 1.95. The zero-order valence-electron chi connectivity index (χ0n) is 8.68. The molecule has 0 aliphatic carbocycles. The number of nitrogens with zero attached hydrogens (tertiary/aromatic N) is 3. The molecule has 0 fully saturated rings. The number of hydrogen-bond acceptors (Lipinski definition) is 4. The number of pyridine rings is 1. The number of hydrogen-bond donors (Lipinski definition) is 1. The van der Waals surface area contributed by atoms with Gasteiger partial charge < -0.3 is 10.5 Å². The van der Waals surface area contributed by atoms with Gasteiger partial charge in [-0.2, -0.15) is 0 Å². The predicted molar refractivity (Wildman–Crippen MR) is 56.4 cm³/mol. The first-order chi connectivity index (χ1) is 7.31. The molecule has 5 heteroatoms. The Morgan fingerprint density at radius 3 is 3.13 bits per heavy atom. The van der Waals surface area contributed by atoms with Crippen molar-refractivity contribution in [2.24, 2.45) is 5.73 Å². The van der Waals surface area contributed by atoms with Crippen LogP contribution in [-0.4, -0.2) is 27.7 Å². The molecule has 0 saturated heterocycles. The van der Waals surface area contributed by atoms with Gasteiger partial charge in [-0.15, -0.1) is 10.2 Å². The van der Waals surface area contributed by atoms with Gasteiger partial charge in [-0.3, -0.25) is 4.40 Å². The average Bonchev–Trinajstić information content (AvgIpc) is 2.61. The van der Waals surface area contributed by atoms with Crippen LogP contribution in [0.3, 0.4) is 0 Å². The van der Waals surface area contributed by atoms with Gasteiger partial charge in [0.15, 0.2) is 11.5 Å². The Balaban J connectivity index is 2.21. The normalized spacial score (nSPS) is 11.1. The second-order valence-corrected chi connectivity index (χ2v) is 3.39. The van der Waals surface area contributed by atoms with E-state index in [1.165, 1.54) is 5.56 Å². The first-order valence-electron chi connectivity index (χ1n) is 4.89. The van der Waals surface area contributed by atoms with Gasteiger partial charge in [0.2, 0.25) is 0 Å². The number of ether oxygens (including phenoxy) is 1. The van der Waals surface area contributed by atoms with E-state index in [2.05, 4.69) is 10.2 Å². The Morgan fingerprint density at radius 1 is 1.47 bits per heavy atom. The molecular formula is C10H14N4O. The van der Waals surface area contributed by atoms with Crippen molar-refractivity contribution in [3.05, 3.63) is 29.7 Å². The van der Waals surface area contributed by atoms with Crippen LogP contribution in [-0.2, 0) is 11.3 Å². The molecule has 0 aromatic carbocycles. The second kappa shape index (κ2) is 4.37. The smallest absolute Gasteiger partial charge is 0.163 e. The molecule has 2 aromatic heterocycles. The lowest BCUT2D eigenvalue weighted by Gasteiger charge is -2.01. The van der Waals surface area contributed by atoms with Crippen molar-refractivity contribution in [3.63, 3.8) is 0 Å². The van der Waals surface area contributed by atoms with E-state index in [0.717, 1.165) is 11.5 Å². The maximum Gasteiger partial charge on any atom is 0.163 e. The van der Waals surface area contributed by atoms with E-state index in [1.54, 1.807) is 0 Å². The van der Waals surface area contributed by atoms with Crippen LogP contribution in [0.1, 0.15) is 11.4 Å². The number of fused-ring (bicyclic) bond motifs is 1. The molecule has 2 aromatic rings. The van der Waals surface area contributed by atoms with Crippen molar-refractivity contribution in [1.29, 1.82) is 0 Å². The van der Waals surface area contributed by atoms with Gasteiger partial charge in [0, 0.05) is 12.7 Å². The zero-order chi connectivity index (χ0) is 10.7. The van der Waals surface area contributed by atoms with E-state index in [9.17, 15) is 0 Å². The highest BCUT2D eigenvalue weighted by Crippen LogP contribution is 2.06. The molecule has 80 valence electrons. The summed E-state index contributed by atoms with van der Waals surface area (Å²) >= 11 is 0. The third-order valence-electron chi connectivity index (χ3n) is 2.13. The first-order valence-corrected chi connectivity index (χ1v) is 4.89. The summed E-state index contributed by atoms with van der Waals surface area (Å²) in [5.41, 5.74) is 7.35. The maximum absolute atomic E-state index is 5.33. The standard InChI is InChI=1S/C10H14N4O/c1-8-2-4-14-9(6-8)12-13-10(14)7-15-5-3-11/h2,4,6H,3,5,7,11H2,1H3. The first kappa shape index (κ1) is 10.1. The highest BCUT2D eigenvalue weighted by atomic mass is 16.5. The fourth-order valence-electron chi connectivity index (χ4n) is 1.39. The minimum Gasteiger partial charge on any atom is -0.372 e. The van der Waals surface area contributed by atoms with Crippen molar-refractivity contribution >= 4 is 5.65 Å². The third-order valence-corrected chi connectivity index (χ3v) is 2.13. The molecule has 0 saturated carbocycles. The van der Waals surface area contributed by atoms with Crippen molar-refractivity contribution in [2.75, 3.05) is 13.2 Å². The molecule has 0 atom stereocenters. The molecule has 0 aliphatic rings. The zero-order valence-corrected chi connectivity index (χ0v) is 8.68. The maximum atomic E-state index is 5.33. The molecule has 0 unspecified atom stereocenters. The summed E-state index contributed by atoms with van der Waals surface area (Å²) in [5, 5.41) is 8.12. The Kier molecular flexibility index (Phi) is 2.94. The Hall–Kier alpha value is -1.46. The fraction of sp³-hybridized carbons (Fsp3) is 0.400. The second-order valence-electron chi connectivity index (χ2n) is 3.39. The van der Waals surface area contributed by atoms with Crippen molar-refractivity contribution in [3.8, 4) is 0 Å². The van der Waals surface area contributed by atoms with E-state index in [4.69, 9.17) is 10.5 Å². The van der Waals surface area contributed by atoms with E-state index in [0.29, 0.717) is 19.8 Å². The Bertz CT molecular complexity index is 452. The van der Waals surface area contributed by atoms with Gasteiger partial charge in [-0.25, -0.2) is 0 Å². The summed E-state index contributed by atoms with van der Waals surface area (Å²) in [5.74, 6) is 0.804. The van der Waals surface area contributed by atoms with E-state index in [1.807, 2.05) is 29.7 Å². The minimum atomic E-state index is 0.446. The molecule has 0 bridgehead atoms. The van der Waals surface area contributed by atoms with E-state index >= 15 is 0 Å². The van der Waals surface area contributed by atoms with Crippen LogP contribution in [0.15, 0.2) is 18.3 Å². The van der Waals surface area contributed by atoms with Crippen LogP contribution in [0.4, 0.5) is 0 Å². The van der Waals surface area contributed by atoms with Crippen LogP contribution in [0.5, 0.6) is 0 Å².